The molecular weight excluding hydrogens is 188 g/mol. The number of ether oxygens (including phenoxy) is 1. The number of methoxy groups -OCH3 is 1. The van der Waals surface area contributed by atoms with E-state index < -0.39 is 5.97 Å². The second-order valence-electron chi connectivity index (χ2n) is 3.48. The van der Waals surface area contributed by atoms with E-state index >= 15 is 0 Å². The molecule has 0 aromatic carbocycles. The van der Waals surface area contributed by atoms with E-state index in [0.29, 0.717) is 25.7 Å². The van der Waals surface area contributed by atoms with Crippen molar-refractivity contribution in [2.24, 2.45) is 11.8 Å². The van der Waals surface area contributed by atoms with Gasteiger partial charge in [0.25, 0.3) is 0 Å². The molecule has 1 aliphatic rings. The van der Waals surface area contributed by atoms with Gasteiger partial charge in [0.2, 0.25) is 0 Å². The van der Waals surface area contributed by atoms with Crippen LogP contribution < -0.4 is 0 Å². The molecule has 1 aliphatic carbocycles. The quantitative estimate of drug-likeness (QED) is 0.410. The van der Waals surface area contributed by atoms with Gasteiger partial charge in [-0.15, -0.1) is 0 Å². The molecule has 1 saturated carbocycles. The summed E-state index contributed by atoms with van der Waals surface area (Å²) in [6.45, 7) is 0. The van der Waals surface area contributed by atoms with Crippen LogP contribution in [0.5, 0.6) is 0 Å². The lowest BCUT2D eigenvalue weighted by Gasteiger charge is -2.24. The van der Waals surface area contributed by atoms with Crippen molar-refractivity contribution in [1.82, 2.24) is 0 Å². The lowest BCUT2D eigenvalue weighted by molar-refractivity contribution is -0.240. The van der Waals surface area contributed by atoms with Crippen LogP contribution in [-0.2, 0) is 19.2 Å². The molecule has 0 saturated heterocycles. The predicted molar refractivity (Wildman–Crippen MR) is 46.2 cm³/mol. The van der Waals surface area contributed by atoms with Gasteiger partial charge < -0.3 is 9.62 Å². The third-order valence-electron chi connectivity index (χ3n) is 2.69. The van der Waals surface area contributed by atoms with E-state index in [4.69, 9.17) is 5.26 Å². The molecule has 14 heavy (non-hydrogen) atoms. The first-order chi connectivity index (χ1) is 6.69. The number of carbonyl (C=O) groups excluding carboxylic acids is 2. The molecule has 0 spiro atoms. The number of hydrogen-bond donors (Lipinski definition) is 1. The predicted octanol–water partition coefficient (Wildman–Crippen LogP) is 0.982. The third-order valence-corrected chi connectivity index (χ3v) is 2.69. The summed E-state index contributed by atoms with van der Waals surface area (Å²) in [5, 5.41) is 8.17. The summed E-state index contributed by atoms with van der Waals surface area (Å²) < 4.78 is 4.61. The molecule has 0 aromatic rings. The molecule has 1 fully saturated rings. The van der Waals surface area contributed by atoms with Crippen molar-refractivity contribution in [3.05, 3.63) is 0 Å². The Balaban J connectivity index is 2.38. The summed E-state index contributed by atoms with van der Waals surface area (Å²) >= 11 is 0. The van der Waals surface area contributed by atoms with Gasteiger partial charge >= 0.3 is 11.9 Å². The average molecular weight is 202 g/mol. The van der Waals surface area contributed by atoms with Gasteiger partial charge in [0, 0.05) is 0 Å². The van der Waals surface area contributed by atoms with E-state index in [-0.39, 0.29) is 17.8 Å². The van der Waals surface area contributed by atoms with Crippen LogP contribution in [0.1, 0.15) is 25.7 Å². The highest BCUT2D eigenvalue weighted by Crippen LogP contribution is 2.29. The maximum atomic E-state index is 11.1. The highest BCUT2D eigenvalue weighted by molar-refractivity contribution is 5.74. The standard InChI is InChI=1S/C9H14O5/c1-13-8(10)6-2-4-7(5-3-6)9(11)14-12/h6-7,12H,2-5H2,1H3/t6-,7-. The zero-order valence-corrected chi connectivity index (χ0v) is 8.06. The molecule has 80 valence electrons. The zero-order valence-electron chi connectivity index (χ0n) is 8.06. The average Bonchev–Trinajstić information content (AvgIpc) is 2.27. The van der Waals surface area contributed by atoms with Crippen molar-refractivity contribution in [3.8, 4) is 0 Å². The molecular formula is C9H14O5. The molecule has 0 radical (unpaired) electrons. The van der Waals surface area contributed by atoms with Gasteiger partial charge in [-0.3, -0.25) is 4.79 Å². The van der Waals surface area contributed by atoms with Crippen molar-refractivity contribution in [2.75, 3.05) is 7.11 Å². The maximum Gasteiger partial charge on any atom is 0.345 e. The smallest absolute Gasteiger partial charge is 0.345 e. The van der Waals surface area contributed by atoms with Crippen molar-refractivity contribution >= 4 is 11.9 Å². The Bertz CT molecular complexity index is 193. The first-order valence-corrected chi connectivity index (χ1v) is 4.62. The fraction of sp³-hybridized carbons (Fsp3) is 0.778. The second kappa shape index (κ2) is 4.95. The van der Waals surface area contributed by atoms with Gasteiger partial charge in [-0.25, -0.2) is 4.79 Å². The topological polar surface area (TPSA) is 72.8 Å². The lowest BCUT2D eigenvalue weighted by Crippen LogP contribution is -2.27. The minimum atomic E-state index is -0.603. The first kappa shape index (κ1) is 11.0. The van der Waals surface area contributed by atoms with Gasteiger partial charge in [0.15, 0.2) is 0 Å². The number of esters is 1. The summed E-state index contributed by atoms with van der Waals surface area (Å²) in [4.78, 5) is 25.7. The fourth-order valence-corrected chi connectivity index (χ4v) is 1.81. The summed E-state index contributed by atoms with van der Waals surface area (Å²) in [5.74, 6) is -1.21. The molecule has 0 unspecified atom stereocenters. The molecule has 0 amide bonds. The summed E-state index contributed by atoms with van der Waals surface area (Å²) in [5.41, 5.74) is 0. The van der Waals surface area contributed by atoms with E-state index in [1.54, 1.807) is 0 Å². The summed E-state index contributed by atoms with van der Waals surface area (Å²) in [6, 6.07) is 0. The number of hydrogen-bond acceptors (Lipinski definition) is 5. The Morgan fingerprint density at radius 2 is 1.50 bits per heavy atom. The normalized spacial score (nSPS) is 26.7. The van der Waals surface area contributed by atoms with Crippen LogP contribution in [0, 0.1) is 11.8 Å². The minimum absolute atomic E-state index is 0.109. The Morgan fingerprint density at radius 3 is 1.86 bits per heavy atom. The highest BCUT2D eigenvalue weighted by atomic mass is 17.1. The molecule has 5 heteroatoms. The third kappa shape index (κ3) is 2.45. The number of rotatable bonds is 2. The second-order valence-corrected chi connectivity index (χ2v) is 3.48. The molecule has 1 N–H and O–H groups in total. The van der Waals surface area contributed by atoms with Crippen molar-refractivity contribution in [1.29, 1.82) is 0 Å². The Hall–Kier alpha value is -1.10. The van der Waals surface area contributed by atoms with Gasteiger partial charge in [-0.1, -0.05) is 0 Å². The van der Waals surface area contributed by atoms with Crippen molar-refractivity contribution in [3.63, 3.8) is 0 Å². The Morgan fingerprint density at radius 1 is 1.07 bits per heavy atom. The highest BCUT2D eigenvalue weighted by Gasteiger charge is 2.31. The molecule has 0 atom stereocenters. The van der Waals surface area contributed by atoms with E-state index in [0.717, 1.165) is 0 Å². The van der Waals surface area contributed by atoms with Crippen molar-refractivity contribution < 1.29 is 24.5 Å². The molecule has 0 heterocycles. The van der Waals surface area contributed by atoms with Gasteiger partial charge in [0.05, 0.1) is 18.9 Å². The molecule has 0 aromatic heterocycles. The zero-order chi connectivity index (χ0) is 10.6. The largest absolute Gasteiger partial charge is 0.469 e. The van der Waals surface area contributed by atoms with Crippen LogP contribution >= 0.6 is 0 Å². The van der Waals surface area contributed by atoms with Crippen LogP contribution in [0.25, 0.3) is 0 Å². The van der Waals surface area contributed by atoms with Gasteiger partial charge in [-0.05, 0) is 25.7 Å². The van der Waals surface area contributed by atoms with E-state index in [9.17, 15) is 9.59 Å². The van der Waals surface area contributed by atoms with Crippen LogP contribution in [0.2, 0.25) is 0 Å². The number of carbonyl (C=O) groups is 2. The first-order valence-electron chi connectivity index (χ1n) is 4.62. The molecule has 5 nitrogen and oxygen atoms in total. The van der Waals surface area contributed by atoms with E-state index in [1.165, 1.54) is 7.11 Å². The van der Waals surface area contributed by atoms with E-state index in [2.05, 4.69) is 9.62 Å². The molecule has 1 rings (SSSR count). The Kier molecular flexibility index (Phi) is 3.88. The fourth-order valence-electron chi connectivity index (χ4n) is 1.81. The minimum Gasteiger partial charge on any atom is -0.469 e. The molecule has 0 aliphatic heterocycles. The summed E-state index contributed by atoms with van der Waals surface area (Å²) in [6.07, 6.45) is 2.37. The lowest BCUT2D eigenvalue weighted by atomic mass is 9.82. The van der Waals surface area contributed by atoms with E-state index in [1.807, 2.05) is 0 Å². The monoisotopic (exact) mass is 202 g/mol. The Labute approximate surface area is 81.9 Å². The van der Waals surface area contributed by atoms with Crippen LogP contribution in [0.15, 0.2) is 0 Å². The van der Waals surface area contributed by atoms with Crippen LogP contribution in [0.4, 0.5) is 0 Å². The van der Waals surface area contributed by atoms with Gasteiger partial charge in [-0.2, -0.15) is 5.26 Å². The van der Waals surface area contributed by atoms with Gasteiger partial charge in [0.1, 0.15) is 0 Å². The maximum absolute atomic E-state index is 11.1. The molecule has 0 bridgehead atoms. The van der Waals surface area contributed by atoms with Crippen LogP contribution in [-0.4, -0.2) is 24.3 Å². The summed E-state index contributed by atoms with van der Waals surface area (Å²) in [7, 11) is 1.36. The van der Waals surface area contributed by atoms with Crippen molar-refractivity contribution in [2.45, 2.75) is 25.7 Å². The van der Waals surface area contributed by atoms with Crippen LogP contribution in [0.3, 0.4) is 0 Å². The SMILES string of the molecule is COC(=O)[C@H]1CC[C@H](C(=O)OO)CC1.